The van der Waals surface area contributed by atoms with Crippen molar-refractivity contribution in [1.82, 2.24) is 9.71 Å². The number of hydrogen-bond donors (Lipinski definition) is 2. The molecule has 0 aliphatic heterocycles. The normalized spacial score (nSPS) is 39.3. The third-order valence-corrected chi connectivity index (χ3v) is 6.54. The number of nitrogens with one attached hydrogen (secondary N) is 1. The summed E-state index contributed by atoms with van der Waals surface area (Å²) in [6, 6.07) is 3.19. The summed E-state index contributed by atoms with van der Waals surface area (Å²) in [5, 5.41) is 0. The molecule has 102 valence electrons. The molecule has 6 heteroatoms. The van der Waals surface area contributed by atoms with E-state index in [1.54, 1.807) is 0 Å². The van der Waals surface area contributed by atoms with Crippen molar-refractivity contribution in [2.45, 2.75) is 30.2 Å². The summed E-state index contributed by atoms with van der Waals surface area (Å²) in [7, 11) is -3.44. The summed E-state index contributed by atoms with van der Waals surface area (Å²) in [6.07, 6.45) is 5.21. The smallest absolute Gasteiger partial charge is 0.242 e. The van der Waals surface area contributed by atoms with Gasteiger partial charge in [0.05, 0.1) is 0 Å². The summed E-state index contributed by atoms with van der Waals surface area (Å²) in [5.41, 5.74) is 5.48. The Kier molecular flexibility index (Phi) is 2.27. The molecular weight excluding hydrogens is 262 g/mol. The summed E-state index contributed by atoms with van der Waals surface area (Å²) >= 11 is 0. The Bertz CT molecular complexity index is 597. The van der Waals surface area contributed by atoms with Gasteiger partial charge in [-0.05, 0) is 55.1 Å². The van der Waals surface area contributed by atoms with Crippen LogP contribution in [0.25, 0.3) is 0 Å². The van der Waals surface area contributed by atoms with Gasteiger partial charge in [-0.2, -0.15) is 0 Å². The van der Waals surface area contributed by atoms with Crippen LogP contribution in [0.15, 0.2) is 23.2 Å². The van der Waals surface area contributed by atoms with Crippen LogP contribution in [0, 0.1) is 23.7 Å². The number of nitrogens with zero attached hydrogens (tertiary/aromatic N) is 1. The molecule has 3 N–H and O–H groups in total. The fourth-order valence-electron chi connectivity index (χ4n) is 4.28. The summed E-state index contributed by atoms with van der Waals surface area (Å²) in [6.45, 7) is 0. The van der Waals surface area contributed by atoms with Crippen molar-refractivity contribution in [3.63, 3.8) is 0 Å². The second-order valence-electron chi connectivity index (χ2n) is 6.05. The third-order valence-electron chi connectivity index (χ3n) is 5.10. The molecule has 3 aliphatic rings. The van der Waals surface area contributed by atoms with E-state index in [1.165, 1.54) is 37.6 Å². The highest BCUT2D eigenvalue weighted by atomic mass is 32.2. The van der Waals surface area contributed by atoms with E-state index in [1.807, 2.05) is 0 Å². The summed E-state index contributed by atoms with van der Waals surface area (Å²) in [4.78, 5) is 4.05. The lowest BCUT2D eigenvalue weighted by molar-refractivity contribution is 0.456. The molecule has 3 fully saturated rings. The first kappa shape index (κ1) is 11.7. The number of anilines is 1. The molecule has 19 heavy (non-hydrogen) atoms. The Morgan fingerprint density at radius 2 is 1.89 bits per heavy atom. The molecular formula is C13H17N3O2S. The molecule has 0 radical (unpaired) electrons. The Morgan fingerprint density at radius 3 is 2.47 bits per heavy atom. The minimum absolute atomic E-state index is 0.161. The third kappa shape index (κ3) is 1.70. The van der Waals surface area contributed by atoms with Crippen molar-refractivity contribution in [1.29, 1.82) is 0 Å². The Labute approximate surface area is 112 Å². The quantitative estimate of drug-likeness (QED) is 0.864. The van der Waals surface area contributed by atoms with Crippen molar-refractivity contribution >= 4 is 15.8 Å². The Balaban J connectivity index is 1.53. The first-order chi connectivity index (χ1) is 9.06. The Hall–Kier alpha value is -1.14. The molecule has 0 aromatic carbocycles. The molecule has 1 aromatic heterocycles. The van der Waals surface area contributed by atoms with Crippen LogP contribution < -0.4 is 10.5 Å². The molecule has 3 aliphatic carbocycles. The fourth-order valence-corrected chi connectivity index (χ4v) is 5.53. The van der Waals surface area contributed by atoms with Crippen LogP contribution in [-0.2, 0) is 10.0 Å². The lowest BCUT2D eigenvalue weighted by Gasteiger charge is -2.11. The maximum Gasteiger partial charge on any atom is 0.242 e. The SMILES string of the molecule is Nc1ccc(S(=O)(=O)NC2C3C4CCC(C4)C23)cn1. The standard InChI is InChI=1S/C13H17N3O2S/c14-10-4-3-9(6-15-10)19(17,18)16-13-11-7-1-2-8(5-7)12(11)13/h3-4,6-8,11-13,16H,1-2,5H2,(H2,14,15). The molecule has 4 atom stereocenters. The highest BCUT2D eigenvalue weighted by Gasteiger charge is 2.65. The van der Waals surface area contributed by atoms with Gasteiger partial charge in [-0.1, -0.05) is 0 Å². The van der Waals surface area contributed by atoms with E-state index in [2.05, 4.69) is 9.71 Å². The van der Waals surface area contributed by atoms with Crippen molar-refractivity contribution in [3.05, 3.63) is 18.3 Å². The van der Waals surface area contributed by atoms with E-state index >= 15 is 0 Å². The van der Waals surface area contributed by atoms with Gasteiger partial charge in [0.2, 0.25) is 10.0 Å². The number of rotatable bonds is 3. The second kappa shape index (κ2) is 3.70. The van der Waals surface area contributed by atoms with E-state index in [-0.39, 0.29) is 10.9 Å². The molecule has 0 amide bonds. The van der Waals surface area contributed by atoms with Gasteiger partial charge in [0, 0.05) is 12.2 Å². The number of nitrogens with two attached hydrogens (primary N) is 1. The summed E-state index contributed by atoms with van der Waals surface area (Å²) in [5.74, 6) is 3.03. The average Bonchev–Trinajstić information content (AvgIpc) is 2.78. The number of nitrogen functional groups attached to an aromatic ring is 1. The first-order valence-electron chi connectivity index (χ1n) is 6.80. The molecule has 2 bridgehead atoms. The summed E-state index contributed by atoms with van der Waals surface area (Å²) < 4.78 is 27.4. The van der Waals surface area contributed by atoms with Crippen LogP contribution in [0.4, 0.5) is 5.82 Å². The van der Waals surface area contributed by atoms with Crippen LogP contribution >= 0.6 is 0 Å². The van der Waals surface area contributed by atoms with Crippen molar-refractivity contribution in [2.24, 2.45) is 23.7 Å². The van der Waals surface area contributed by atoms with E-state index in [0.29, 0.717) is 17.7 Å². The van der Waals surface area contributed by atoms with Gasteiger partial charge in [0.1, 0.15) is 10.7 Å². The van der Waals surface area contributed by atoms with Gasteiger partial charge < -0.3 is 5.73 Å². The zero-order valence-electron chi connectivity index (χ0n) is 10.5. The minimum atomic E-state index is -3.44. The lowest BCUT2D eigenvalue weighted by Crippen LogP contribution is -2.30. The largest absolute Gasteiger partial charge is 0.384 e. The predicted octanol–water partition coefficient (Wildman–Crippen LogP) is 0.987. The topological polar surface area (TPSA) is 85.1 Å². The van der Waals surface area contributed by atoms with E-state index in [9.17, 15) is 8.42 Å². The molecule has 5 nitrogen and oxygen atoms in total. The maximum atomic E-state index is 12.3. The molecule has 1 heterocycles. The van der Waals surface area contributed by atoms with E-state index in [0.717, 1.165) is 11.8 Å². The van der Waals surface area contributed by atoms with Crippen LogP contribution in [-0.4, -0.2) is 19.4 Å². The monoisotopic (exact) mass is 279 g/mol. The first-order valence-corrected chi connectivity index (χ1v) is 8.28. The number of sulfonamides is 1. The molecule has 0 saturated heterocycles. The molecule has 3 saturated carbocycles. The van der Waals surface area contributed by atoms with Crippen LogP contribution in [0.5, 0.6) is 0 Å². The van der Waals surface area contributed by atoms with Crippen LogP contribution in [0.3, 0.4) is 0 Å². The second-order valence-corrected chi connectivity index (χ2v) is 7.77. The number of aromatic nitrogens is 1. The van der Waals surface area contributed by atoms with E-state index in [4.69, 9.17) is 5.73 Å². The predicted molar refractivity (Wildman–Crippen MR) is 70.6 cm³/mol. The van der Waals surface area contributed by atoms with Gasteiger partial charge in [0.25, 0.3) is 0 Å². The van der Waals surface area contributed by atoms with Crippen LogP contribution in [0.2, 0.25) is 0 Å². The zero-order valence-corrected chi connectivity index (χ0v) is 11.3. The highest BCUT2D eigenvalue weighted by molar-refractivity contribution is 7.89. The van der Waals surface area contributed by atoms with Gasteiger partial charge in [0.15, 0.2) is 0 Å². The number of fused-ring (bicyclic) bond motifs is 5. The van der Waals surface area contributed by atoms with Gasteiger partial charge in [-0.3, -0.25) is 0 Å². The maximum absolute atomic E-state index is 12.3. The fraction of sp³-hybridized carbons (Fsp3) is 0.615. The van der Waals surface area contributed by atoms with Gasteiger partial charge in [-0.15, -0.1) is 0 Å². The molecule has 0 spiro atoms. The van der Waals surface area contributed by atoms with Crippen LogP contribution in [0.1, 0.15) is 19.3 Å². The molecule has 4 rings (SSSR count). The molecule has 1 aromatic rings. The number of hydrogen-bond acceptors (Lipinski definition) is 4. The van der Waals surface area contributed by atoms with Crippen molar-refractivity contribution in [2.75, 3.05) is 5.73 Å². The Morgan fingerprint density at radius 1 is 1.21 bits per heavy atom. The average molecular weight is 279 g/mol. The van der Waals surface area contributed by atoms with Crippen molar-refractivity contribution < 1.29 is 8.42 Å². The molecule has 4 unspecified atom stereocenters. The lowest BCUT2D eigenvalue weighted by atomic mass is 10.0. The van der Waals surface area contributed by atoms with Crippen molar-refractivity contribution in [3.8, 4) is 0 Å². The zero-order chi connectivity index (χ0) is 13.2. The van der Waals surface area contributed by atoms with Gasteiger partial charge in [-0.25, -0.2) is 18.1 Å². The number of pyridine rings is 1. The highest BCUT2D eigenvalue weighted by Crippen LogP contribution is 2.65. The van der Waals surface area contributed by atoms with Gasteiger partial charge >= 0.3 is 0 Å². The minimum Gasteiger partial charge on any atom is -0.384 e. The van der Waals surface area contributed by atoms with E-state index < -0.39 is 10.0 Å².